The molecule has 1 fully saturated rings. The van der Waals surface area contributed by atoms with Crippen molar-refractivity contribution in [2.24, 2.45) is 0 Å². The number of hydrogen-bond acceptors (Lipinski definition) is 5. The lowest BCUT2D eigenvalue weighted by molar-refractivity contribution is -0.127. The van der Waals surface area contributed by atoms with Gasteiger partial charge < -0.3 is 18.9 Å². The molecule has 1 amide bonds. The van der Waals surface area contributed by atoms with Crippen molar-refractivity contribution in [3.63, 3.8) is 0 Å². The molecule has 0 bridgehead atoms. The first kappa shape index (κ1) is 21.0. The molecule has 7 heteroatoms. The first-order chi connectivity index (χ1) is 15.6. The summed E-state index contributed by atoms with van der Waals surface area (Å²) in [6.45, 7) is 6.33. The zero-order valence-corrected chi connectivity index (χ0v) is 19.0. The number of benzene rings is 1. The van der Waals surface area contributed by atoms with Crippen molar-refractivity contribution < 1.29 is 14.3 Å². The van der Waals surface area contributed by atoms with Gasteiger partial charge in [0, 0.05) is 43.1 Å². The predicted octanol–water partition coefficient (Wildman–Crippen LogP) is 4.10. The molecule has 2 aromatic rings. The molecule has 2 atom stereocenters. The summed E-state index contributed by atoms with van der Waals surface area (Å²) in [6.07, 6.45) is 11.0. The molecule has 4 heterocycles. The first-order valence-corrected chi connectivity index (χ1v) is 12.0. The van der Waals surface area contributed by atoms with Crippen LogP contribution in [0.4, 0.5) is 0 Å². The zero-order chi connectivity index (χ0) is 22.1. The predicted molar refractivity (Wildman–Crippen MR) is 122 cm³/mol. The van der Waals surface area contributed by atoms with Gasteiger partial charge in [-0.15, -0.1) is 10.2 Å². The van der Waals surface area contributed by atoms with Gasteiger partial charge in [-0.25, -0.2) is 0 Å². The fraction of sp³-hybridized carbons (Fsp3) is 0.560. The van der Waals surface area contributed by atoms with Crippen molar-refractivity contribution in [2.45, 2.75) is 77.5 Å². The van der Waals surface area contributed by atoms with E-state index in [1.54, 1.807) is 6.08 Å². The number of carbonyl (C=O) groups is 1. The molecule has 3 aliphatic rings. The Morgan fingerprint density at radius 3 is 3.00 bits per heavy atom. The van der Waals surface area contributed by atoms with Gasteiger partial charge in [0.05, 0.1) is 12.6 Å². The molecule has 0 saturated carbocycles. The number of hydrogen-bond donors (Lipinski definition) is 0. The highest BCUT2D eigenvalue weighted by molar-refractivity contribution is 5.92. The maximum absolute atomic E-state index is 13.2. The SMILES string of the molecule is CCOc1cc2c(cc1/C=C/C(=O)N1CCCC1c1nnc3n1CCCCC3)OC(C)C2. The largest absolute Gasteiger partial charge is 0.493 e. The van der Waals surface area contributed by atoms with E-state index >= 15 is 0 Å². The van der Waals surface area contributed by atoms with E-state index in [1.807, 2.05) is 24.0 Å². The fourth-order valence-electron chi connectivity index (χ4n) is 5.18. The van der Waals surface area contributed by atoms with Crippen molar-refractivity contribution >= 4 is 12.0 Å². The summed E-state index contributed by atoms with van der Waals surface area (Å²) in [6, 6.07) is 4.05. The van der Waals surface area contributed by atoms with E-state index in [1.165, 1.54) is 12.8 Å². The minimum atomic E-state index is 0.00191. The number of nitrogens with zero attached hydrogens (tertiary/aromatic N) is 4. The van der Waals surface area contributed by atoms with Crippen LogP contribution in [0.2, 0.25) is 0 Å². The highest BCUT2D eigenvalue weighted by Gasteiger charge is 2.33. The van der Waals surface area contributed by atoms with E-state index in [2.05, 4.69) is 27.8 Å². The molecule has 170 valence electrons. The van der Waals surface area contributed by atoms with E-state index in [9.17, 15) is 4.79 Å². The summed E-state index contributed by atoms with van der Waals surface area (Å²) < 4.78 is 14.0. The molecule has 1 saturated heterocycles. The van der Waals surface area contributed by atoms with Crippen LogP contribution < -0.4 is 9.47 Å². The Kier molecular flexibility index (Phi) is 5.89. The maximum Gasteiger partial charge on any atom is 0.247 e. The van der Waals surface area contributed by atoms with Gasteiger partial charge in [0.1, 0.15) is 23.4 Å². The van der Waals surface area contributed by atoms with E-state index in [4.69, 9.17) is 9.47 Å². The minimum Gasteiger partial charge on any atom is -0.493 e. The van der Waals surface area contributed by atoms with Gasteiger partial charge in [-0.05, 0) is 57.7 Å². The molecule has 3 aliphatic heterocycles. The van der Waals surface area contributed by atoms with Gasteiger partial charge in [0.2, 0.25) is 5.91 Å². The quantitative estimate of drug-likeness (QED) is 0.660. The van der Waals surface area contributed by atoms with Crippen molar-refractivity contribution in [3.8, 4) is 11.5 Å². The molecular weight excluding hydrogens is 404 g/mol. The van der Waals surface area contributed by atoms with Crippen LogP contribution in [0.25, 0.3) is 6.08 Å². The molecule has 0 aliphatic carbocycles. The molecule has 7 nitrogen and oxygen atoms in total. The van der Waals surface area contributed by atoms with Gasteiger partial charge in [0.25, 0.3) is 0 Å². The van der Waals surface area contributed by atoms with Gasteiger partial charge in [-0.2, -0.15) is 0 Å². The normalized spacial score (nSPS) is 22.5. The third-order valence-corrected chi connectivity index (χ3v) is 6.71. The monoisotopic (exact) mass is 436 g/mol. The topological polar surface area (TPSA) is 69.5 Å². The fourth-order valence-corrected chi connectivity index (χ4v) is 5.18. The summed E-state index contributed by atoms with van der Waals surface area (Å²) in [5, 5.41) is 8.96. The average Bonchev–Trinajstić information content (AvgIpc) is 3.46. The third-order valence-electron chi connectivity index (χ3n) is 6.71. The van der Waals surface area contributed by atoms with Crippen LogP contribution in [0, 0.1) is 0 Å². The van der Waals surface area contributed by atoms with Crippen LogP contribution in [-0.4, -0.2) is 44.8 Å². The second kappa shape index (κ2) is 8.96. The highest BCUT2D eigenvalue weighted by Crippen LogP contribution is 2.36. The molecule has 2 unspecified atom stereocenters. The van der Waals surface area contributed by atoms with E-state index in [0.29, 0.717) is 6.61 Å². The Hall–Kier alpha value is -2.83. The van der Waals surface area contributed by atoms with Crippen LogP contribution in [0.1, 0.15) is 74.8 Å². The summed E-state index contributed by atoms with van der Waals surface area (Å²) in [5.41, 5.74) is 2.04. The molecule has 0 radical (unpaired) electrons. The zero-order valence-electron chi connectivity index (χ0n) is 19.0. The van der Waals surface area contributed by atoms with Crippen molar-refractivity contribution in [1.82, 2.24) is 19.7 Å². The third kappa shape index (κ3) is 4.00. The maximum atomic E-state index is 13.2. The molecule has 5 rings (SSSR count). The number of aryl methyl sites for hydroxylation is 1. The average molecular weight is 437 g/mol. The minimum absolute atomic E-state index is 0.00191. The molecule has 1 aromatic carbocycles. The van der Waals surface area contributed by atoms with Gasteiger partial charge in [-0.1, -0.05) is 6.42 Å². The lowest BCUT2D eigenvalue weighted by atomic mass is 10.1. The van der Waals surface area contributed by atoms with Crippen molar-refractivity contribution in [1.29, 1.82) is 0 Å². The number of amides is 1. The van der Waals surface area contributed by atoms with Gasteiger partial charge >= 0.3 is 0 Å². The summed E-state index contributed by atoms with van der Waals surface area (Å²) in [7, 11) is 0. The highest BCUT2D eigenvalue weighted by atomic mass is 16.5. The van der Waals surface area contributed by atoms with Crippen LogP contribution >= 0.6 is 0 Å². The Bertz CT molecular complexity index is 1030. The molecule has 0 N–H and O–H groups in total. The molecule has 0 spiro atoms. The van der Waals surface area contributed by atoms with E-state index < -0.39 is 0 Å². The molecule has 1 aromatic heterocycles. The number of ether oxygens (including phenoxy) is 2. The number of aromatic nitrogens is 3. The number of fused-ring (bicyclic) bond motifs is 2. The van der Waals surface area contributed by atoms with Crippen LogP contribution in [-0.2, 0) is 24.2 Å². The summed E-state index contributed by atoms with van der Waals surface area (Å²) >= 11 is 0. The summed E-state index contributed by atoms with van der Waals surface area (Å²) in [5.74, 6) is 3.72. The van der Waals surface area contributed by atoms with E-state index in [-0.39, 0.29) is 18.1 Å². The smallest absolute Gasteiger partial charge is 0.247 e. The van der Waals surface area contributed by atoms with Crippen LogP contribution in [0.3, 0.4) is 0 Å². The number of likely N-dealkylation sites (tertiary alicyclic amines) is 1. The van der Waals surface area contributed by atoms with Gasteiger partial charge in [0.15, 0.2) is 5.82 Å². The van der Waals surface area contributed by atoms with Crippen LogP contribution in [0.5, 0.6) is 11.5 Å². The van der Waals surface area contributed by atoms with Gasteiger partial charge in [-0.3, -0.25) is 4.79 Å². The van der Waals surface area contributed by atoms with Crippen molar-refractivity contribution in [3.05, 3.63) is 41.0 Å². The Morgan fingerprint density at radius 2 is 2.12 bits per heavy atom. The van der Waals surface area contributed by atoms with E-state index in [0.717, 1.165) is 79.5 Å². The second-order valence-corrected chi connectivity index (χ2v) is 9.02. The van der Waals surface area contributed by atoms with Crippen LogP contribution in [0.15, 0.2) is 18.2 Å². The second-order valence-electron chi connectivity index (χ2n) is 9.02. The Morgan fingerprint density at radius 1 is 1.22 bits per heavy atom. The lowest BCUT2D eigenvalue weighted by Gasteiger charge is -2.23. The van der Waals surface area contributed by atoms with Crippen molar-refractivity contribution in [2.75, 3.05) is 13.2 Å². The first-order valence-electron chi connectivity index (χ1n) is 12.0. The Balaban J connectivity index is 1.37. The molecular formula is C25H32N4O3. The number of rotatable bonds is 5. The number of carbonyl (C=O) groups excluding carboxylic acids is 1. The lowest BCUT2D eigenvalue weighted by Crippen LogP contribution is -2.30. The standard InChI is InChI=1S/C25H32N4O3/c1-3-31-21-16-19-14-17(2)32-22(19)15-18(21)10-11-24(30)28-13-7-8-20(28)25-27-26-23-9-5-4-6-12-29(23)25/h10-11,15-17,20H,3-9,12-14H2,1-2H3/b11-10+. The molecule has 32 heavy (non-hydrogen) atoms. The summed E-state index contributed by atoms with van der Waals surface area (Å²) in [4.78, 5) is 15.2. The Labute approximate surface area is 189 Å².